The number of nitrogens with one attached hydrogen (secondary N) is 1. The van der Waals surface area contributed by atoms with Crippen LogP contribution in [0.4, 0.5) is 5.13 Å². The van der Waals surface area contributed by atoms with Crippen LogP contribution in [0.3, 0.4) is 0 Å². The van der Waals surface area contributed by atoms with Gasteiger partial charge in [-0.3, -0.25) is 9.69 Å². The molecule has 1 aromatic heterocycles. The molecular weight excluding hydrogens is 390 g/mol. The Kier molecular flexibility index (Phi) is 7.30. The number of anilines is 1. The van der Waals surface area contributed by atoms with Crippen molar-refractivity contribution in [2.75, 3.05) is 44.9 Å². The molecule has 0 radical (unpaired) electrons. The molecule has 0 unspecified atom stereocenters. The van der Waals surface area contributed by atoms with Gasteiger partial charge in [0.05, 0.1) is 43.7 Å². The number of benzene rings is 2. The maximum atomic E-state index is 13.0. The third-order valence-electron chi connectivity index (χ3n) is 4.29. The Morgan fingerprint density at radius 1 is 1.18 bits per heavy atom. The third kappa shape index (κ3) is 5.47. The minimum absolute atomic E-state index is 0.0913. The zero-order valence-electron chi connectivity index (χ0n) is 16.5. The summed E-state index contributed by atoms with van der Waals surface area (Å²) in [6, 6.07) is 15.8. The molecule has 5 nitrogen and oxygen atoms in total. The van der Waals surface area contributed by atoms with Crippen LogP contribution in [0.1, 0.15) is 6.42 Å². The fourth-order valence-electron chi connectivity index (χ4n) is 2.79. The highest BCUT2D eigenvalue weighted by Crippen LogP contribution is 2.30. The van der Waals surface area contributed by atoms with Gasteiger partial charge in [-0.05, 0) is 36.4 Å². The Hall–Kier alpha value is -2.09. The van der Waals surface area contributed by atoms with Crippen LogP contribution in [0.2, 0.25) is 0 Å². The van der Waals surface area contributed by atoms with Gasteiger partial charge in [-0.25, -0.2) is 4.98 Å². The lowest BCUT2D eigenvalue weighted by Gasteiger charge is -2.20. The summed E-state index contributed by atoms with van der Waals surface area (Å²) < 4.78 is 6.30. The zero-order valence-corrected chi connectivity index (χ0v) is 18.1. The van der Waals surface area contributed by atoms with Gasteiger partial charge < -0.3 is 9.64 Å². The summed E-state index contributed by atoms with van der Waals surface area (Å²) in [5.74, 6) is 1.29. The molecule has 1 heterocycles. The molecule has 1 N–H and O–H groups in total. The first-order valence-electron chi connectivity index (χ1n) is 9.28. The molecule has 0 fully saturated rings. The number of hydrogen-bond acceptors (Lipinski definition) is 5. The topological polar surface area (TPSA) is 46.9 Å². The van der Waals surface area contributed by atoms with E-state index in [2.05, 4.69) is 20.2 Å². The number of aromatic nitrogens is 1. The van der Waals surface area contributed by atoms with Crippen LogP contribution >= 0.6 is 23.1 Å². The Morgan fingerprint density at radius 3 is 2.61 bits per heavy atom. The molecule has 0 spiro atoms. The van der Waals surface area contributed by atoms with Crippen LogP contribution in [0.5, 0.6) is 5.75 Å². The summed E-state index contributed by atoms with van der Waals surface area (Å²) in [7, 11) is 5.91. The van der Waals surface area contributed by atoms with Crippen LogP contribution in [-0.4, -0.2) is 50.9 Å². The Bertz CT molecular complexity index is 876. The van der Waals surface area contributed by atoms with Crippen molar-refractivity contribution in [3.63, 3.8) is 0 Å². The first kappa shape index (κ1) is 20.6. The summed E-state index contributed by atoms with van der Waals surface area (Å²) in [4.78, 5) is 22.0. The monoisotopic (exact) mass is 416 g/mol. The number of thioether (sulfide) groups is 1. The molecule has 0 aliphatic heterocycles. The van der Waals surface area contributed by atoms with Crippen LogP contribution < -0.4 is 14.5 Å². The number of carbonyl (C=O) groups is 1. The first-order chi connectivity index (χ1) is 13.6. The second-order valence-electron chi connectivity index (χ2n) is 6.78. The minimum atomic E-state index is 0.0913. The van der Waals surface area contributed by atoms with E-state index in [9.17, 15) is 4.79 Å². The lowest BCUT2D eigenvalue weighted by atomic mass is 10.3. The number of quaternary nitrogens is 1. The fraction of sp³-hybridized carbons (Fsp3) is 0.333. The molecule has 0 aliphatic rings. The number of methoxy groups -OCH3 is 1. The van der Waals surface area contributed by atoms with Gasteiger partial charge in [0.2, 0.25) is 5.91 Å². The van der Waals surface area contributed by atoms with E-state index < -0.39 is 0 Å². The van der Waals surface area contributed by atoms with E-state index >= 15 is 0 Å². The summed E-state index contributed by atoms with van der Waals surface area (Å²) in [6.45, 7) is 1.70. The second-order valence-corrected chi connectivity index (χ2v) is 8.84. The molecule has 7 heteroatoms. The van der Waals surface area contributed by atoms with E-state index in [4.69, 9.17) is 9.72 Å². The molecule has 0 bridgehead atoms. The second kappa shape index (κ2) is 9.91. The Labute approximate surface area is 174 Å². The van der Waals surface area contributed by atoms with Crippen LogP contribution in [0.25, 0.3) is 10.2 Å². The Morgan fingerprint density at radius 2 is 1.93 bits per heavy atom. The molecule has 0 saturated carbocycles. The van der Waals surface area contributed by atoms with Gasteiger partial charge in [-0.1, -0.05) is 23.5 Å². The van der Waals surface area contributed by atoms with E-state index in [1.165, 1.54) is 4.90 Å². The summed E-state index contributed by atoms with van der Waals surface area (Å²) in [6.07, 6.45) is 0.942. The number of fused-ring (bicyclic) bond motifs is 1. The number of para-hydroxylation sites is 1. The minimum Gasteiger partial charge on any atom is -0.497 e. The van der Waals surface area contributed by atoms with Crippen molar-refractivity contribution < 1.29 is 14.4 Å². The molecule has 1 amide bonds. The predicted molar refractivity (Wildman–Crippen MR) is 118 cm³/mol. The van der Waals surface area contributed by atoms with Crippen LogP contribution in [-0.2, 0) is 4.79 Å². The molecule has 28 heavy (non-hydrogen) atoms. The largest absolute Gasteiger partial charge is 0.497 e. The predicted octanol–water partition coefficient (Wildman–Crippen LogP) is 2.96. The van der Waals surface area contributed by atoms with Gasteiger partial charge in [0.25, 0.3) is 0 Å². The average molecular weight is 417 g/mol. The summed E-state index contributed by atoms with van der Waals surface area (Å²) in [5.41, 5.74) is 0.946. The molecule has 3 aromatic rings. The van der Waals surface area contributed by atoms with Crippen LogP contribution in [0, 0.1) is 0 Å². The van der Waals surface area contributed by atoms with E-state index in [0.29, 0.717) is 12.3 Å². The van der Waals surface area contributed by atoms with Crippen molar-refractivity contribution in [3.8, 4) is 5.75 Å². The molecule has 0 aliphatic carbocycles. The number of hydrogen-bond donors (Lipinski definition) is 1. The standard InChI is InChI=1S/C21H25N3O2S2/c1-23(2)13-6-14-24(21-22-18-7-4-5-8-19(18)28-21)20(25)15-27-17-11-9-16(26-3)10-12-17/h4-5,7-12H,6,13-15H2,1-3H3/p+1. The normalized spacial score (nSPS) is 11.1. The van der Waals surface area contributed by atoms with Crippen molar-refractivity contribution in [3.05, 3.63) is 48.5 Å². The molecule has 3 rings (SSSR count). The maximum absolute atomic E-state index is 13.0. The number of carbonyl (C=O) groups excluding carboxylic acids is 1. The smallest absolute Gasteiger partial charge is 0.239 e. The van der Waals surface area contributed by atoms with E-state index in [0.717, 1.165) is 39.0 Å². The highest BCUT2D eigenvalue weighted by atomic mass is 32.2. The van der Waals surface area contributed by atoms with Gasteiger partial charge in [0.1, 0.15) is 5.75 Å². The molecular formula is C21H26N3O2S2+. The lowest BCUT2D eigenvalue weighted by molar-refractivity contribution is -0.858. The zero-order chi connectivity index (χ0) is 19.9. The summed E-state index contributed by atoms with van der Waals surface area (Å²) >= 11 is 3.12. The van der Waals surface area contributed by atoms with E-state index in [1.54, 1.807) is 30.2 Å². The van der Waals surface area contributed by atoms with Gasteiger partial charge >= 0.3 is 0 Å². The van der Waals surface area contributed by atoms with Crippen molar-refractivity contribution in [1.82, 2.24) is 4.98 Å². The number of rotatable bonds is 9. The van der Waals surface area contributed by atoms with Gasteiger partial charge in [-0.2, -0.15) is 0 Å². The van der Waals surface area contributed by atoms with Gasteiger partial charge in [0.15, 0.2) is 5.13 Å². The first-order valence-corrected chi connectivity index (χ1v) is 11.1. The van der Waals surface area contributed by atoms with Crippen LogP contribution in [0.15, 0.2) is 53.4 Å². The fourth-order valence-corrected chi connectivity index (χ4v) is 4.57. The number of ether oxygens (including phenoxy) is 1. The van der Waals surface area contributed by atoms with Crippen molar-refractivity contribution >= 4 is 44.4 Å². The molecule has 0 atom stereocenters. The highest BCUT2D eigenvalue weighted by Gasteiger charge is 2.20. The maximum Gasteiger partial charge on any atom is 0.239 e. The third-order valence-corrected chi connectivity index (χ3v) is 6.35. The van der Waals surface area contributed by atoms with Gasteiger partial charge in [0, 0.05) is 17.9 Å². The highest BCUT2D eigenvalue weighted by molar-refractivity contribution is 8.00. The van der Waals surface area contributed by atoms with E-state index in [1.807, 2.05) is 47.4 Å². The molecule has 148 valence electrons. The van der Waals surface area contributed by atoms with E-state index in [-0.39, 0.29) is 5.91 Å². The molecule has 2 aromatic carbocycles. The molecule has 0 saturated heterocycles. The Balaban J connectivity index is 1.71. The number of amides is 1. The number of nitrogens with zero attached hydrogens (tertiary/aromatic N) is 2. The van der Waals surface area contributed by atoms with Gasteiger partial charge in [-0.15, -0.1) is 11.8 Å². The van der Waals surface area contributed by atoms with Crippen molar-refractivity contribution in [2.45, 2.75) is 11.3 Å². The SMILES string of the molecule is COc1ccc(SCC(=O)N(CCC[NH+](C)C)c2nc3ccccc3s2)cc1. The summed E-state index contributed by atoms with van der Waals surface area (Å²) in [5, 5.41) is 0.787. The lowest BCUT2D eigenvalue weighted by Crippen LogP contribution is -3.05. The number of thiazole rings is 1. The van der Waals surface area contributed by atoms with Crippen molar-refractivity contribution in [2.24, 2.45) is 0 Å². The average Bonchev–Trinajstić information content (AvgIpc) is 3.13. The van der Waals surface area contributed by atoms with Crippen molar-refractivity contribution in [1.29, 1.82) is 0 Å². The quantitative estimate of drug-likeness (QED) is 0.545.